The van der Waals surface area contributed by atoms with Crippen LogP contribution in [0.2, 0.25) is 0 Å². The highest BCUT2D eigenvalue weighted by Crippen LogP contribution is 2.46. The van der Waals surface area contributed by atoms with E-state index < -0.39 is 0 Å². The first-order valence-electron chi connectivity index (χ1n) is 7.32. The van der Waals surface area contributed by atoms with Gasteiger partial charge >= 0.3 is 0 Å². The van der Waals surface area contributed by atoms with Gasteiger partial charge in [0.05, 0.1) is 18.1 Å². The Morgan fingerprint density at radius 2 is 2.16 bits per heavy atom. The fourth-order valence-corrected chi connectivity index (χ4v) is 3.24. The topological polar surface area (TPSA) is 28.6 Å². The summed E-state index contributed by atoms with van der Waals surface area (Å²) in [5.74, 6) is 2.82. The molecule has 0 spiro atoms. The highest BCUT2D eigenvalue weighted by atomic mass is 16.5. The van der Waals surface area contributed by atoms with E-state index in [1.54, 1.807) is 0 Å². The highest BCUT2D eigenvalue weighted by molar-refractivity contribution is 5.50. The Bertz CT molecular complexity index is 468. The molecule has 3 fully saturated rings. The van der Waals surface area contributed by atoms with Crippen molar-refractivity contribution in [3.63, 3.8) is 0 Å². The molecule has 4 rings (SSSR count). The van der Waals surface area contributed by atoms with E-state index in [9.17, 15) is 0 Å². The van der Waals surface area contributed by atoms with Crippen molar-refractivity contribution in [2.75, 3.05) is 38.2 Å². The van der Waals surface area contributed by atoms with Crippen molar-refractivity contribution in [1.82, 2.24) is 9.88 Å². The molecule has 4 nitrogen and oxygen atoms in total. The Labute approximate surface area is 114 Å². The molecule has 0 aromatic carbocycles. The zero-order valence-electron chi connectivity index (χ0n) is 11.5. The smallest absolute Gasteiger partial charge is 0.139 e. The van der Waals surface area contributed by atoms with E-state index in [4.69, 9.17) is 4.74 Å². The molecule has 0 radical (unpaired) electrons. The second-order valence-corrected chi connectivity index (χ2v) is 6.27. The first kappa shape index (κ1) is 11.5. The number of likely N-dealkylation sites (tertiary alicyclic amines) is 1. The molecule has 102 valence electrons. The number of pyridine rings is 1. The van der Waals surface area contributed by atoms with Crippen LogP contribution in [0.5, 0.6) is 5.75 Å². The molecule has 4 heteroatoms. The maximum absolute atomic E-state index is 5.89. The molecule has 3 atom stereocenters. The van der Waals surface area contributed by atoms with Crippen LogP contribution in [0.1, 0.15) is 12.8 Å². The molecule has 2 saturated heterocycles. The summed E-state index contributed by atoms with van der Waals surface area (Å²) in [5.41, 5.74) is 1.23. The van der Waals surface area contributed by atoms with E-state index >= 15 is 0 Å². The number of ether oxygens (including phenoxy) is 1. The molecule has 0 amide bonds. The third kappa shape index (κ3) is 2.18. The Hall–Kier alpha value is -1.29. The van der Waals surface area contributed by atoms with Crippen molar-refractivity contribution in [3.05, 3.63) is 18.5 Å². The average Bonchev–Trinajstić information content (AvgIpc) is 3.04. The monoisotopic (exact) mass is 259 g/mol. The normalized spacial score (nSPS) is 32.9. The van der Waals surface area contributed by atoms with E-state index in [0.29, 0.717) is 6.04 Å². The molecule has 3 heterocycles. The third-order valence-electron chi connectivity index (χ3n) is 4.92. The van der Waals surface area contributed by atoms with Crippen LogP contribution in [0.3, 0.4) is 0 Å². The van der Waals surface area contributed by atoms with Gasteiger partial charge in [0.2, 0.25) is 0 Å². The van der Waals surface area contributed by atoms with Gasteiger partial charge in [-0.3, -0.25) is 9.88 Å². The molecule has 0 bridgehead atoms. The molecule has 2 aliphatic heterocycles. The molecule has 3 unspecified atom stereocenters. The van der Waals surface area contributed by atoms with E-state index in [1.807, 2.05) is 12.4 Å². The SMILES string of the molecule is CN1CCC1COc1cncc(N2CC3CC3C2)c1. The van der Waals surface area contributed by atoms with Crippen molar-refractivity contribution in [3.8, 4) is 5.75 Å². The molecule has 19 heavy (non-hydrogen) atoms. The second kappa shape index (κ2) is 4.37. The van der Waals surface area contributed by atoms with Crippen LogP contribution in [-0.4, -0.2) is 49.2 Å². The molecule has 3 aliphatic rings. The van der Waals surface area contributed by atoms with Gasteiger partial charge in [-0.25, -0.2) is 0 Å². The second-order valence-electron chi connectivity index (χ2n) is 6.27. The molecule has 1 aromatic heterocycles. The van der Waals surface area contributed by atoms with Crippen LogP contribution < -0.4 is 9.64 Å². The Balaban J connectivity index is 1.39. The van der Waals surface area contributed by atoms with E-state index in [2.05, 4.69) is 27.9 Å². The van der Waals surface area contributed by atoms with E-state index in [-0.39, 0.29) is 0 Å². The maximum Gasteiger partial charge on any atom is 0.139 e. The summed E-state index contributed by atoms with van der Waals surface area (Å²) in [6.07, 6.45) is 6.49. The number of hydrogen-bond acceptors (Lipinski definition) is 4. The van der Waals surface area contributed by atoms with Crippen LogP contribution in [-0.2, 0) is 0 Å². The first-order valence-corrected chi connectivity index (χ1v) is 7.32. The Morgan fingerprint density at radius 1 is 1.32 bits per heavy atom. The molecular weight excluding hydrogens is 238 g/mol. The van der Waals surface area contributed by atoms with Gasteiger partial charge in [0.25, 0.3) is 0 Å². The van der Waals surface area contributed by atoms with Crippen LogP contribution in [0.15, 0.2) is 18.5 Å². The fourth-order valence-electron chi connectivity index (χ4n) is 3.24. The van der Waals surface area contributed by atoms with Gasteiger partial charge in [0.1, 0.15) is 12.4 Å². The minimum absolute atomic E-state index is 0.586. The third-order valence-corrected chi connectivity index (χ3v) is 4.92. The lowest BCUT2D eigenvalue weighted by Crippen LogP contribution is -2.48. The Kier molecular flexibility index (Phi) is 2.65. The molecule has 1 aliphatic carbocycles. The number of anilines is 1. The number of likely N-dealkylation sites (N-methyl/N-ethyl adjacent to an activating group) is 1. The molecule has 1 aromatic rings. The van der Waals surface area contributed by atoms with Crippen molar-refractivity contribution >= 4 is 5.69 Å². The lowest BCUT2D eigenvalue weighted by Gasteiger charge is -2.37. The number of fused-ring (bicyclic) bond motifs is 1. The summed E-state index contributed by atoms with van der Waals surface area (Å²) in [7, 11) is 2.16. The lowest BCUT2D eigenvalue weighted by molar-refractivity contribution is 0.0767. The standard InChI is InChI=1S/C15H21N3O/c1-17-3-2-13(17)10-19-15-5-14(6-16-7-15)18-8-11-4-12(11)9-18/h5-7,11-13H,2-4,8-10H2,1H3. The summed E-state index contributed by atoms with van der Waals surface area (Å²) < 4.78 is 5.89. The largest absolute Gasteiger partial charge is 0.490 e. The minimum Gasteiger partial charge on any atom is -0.490 e. The van der Waals surface area contributed by atoms with Crippen molar-refractivity contribution < 1.29 is 4.74 Å². The van der Waals surface area contributed by atoms with Crippen LogP contribution >= 0.6 is 0 Å². The number of nitrogens with zero attached hydrogens (tertiary/aromatic N) is 3. The first-order chi connectivity index (χ1) is 9.29. The predicted octanol–water partition coefficient (Wildman–Crippen LogP) is 1.62. The molecule has 1 saturated carbocycles. The summed E-state index contributed by atoms with van der Waals surface area (Å²) in [5, 5.41) is 0. The Morgan fingerprint density at radius 3 is 2.84 bits per heavy atom. The zero-order chi connectivity index (χ0) is 12.8. The average molecular weight is 259 g/mol. The number of rotatable bonds is 4. The number of hydrogen-bond donors (Lipinski definition) is 0. The van der Waals surface area contributed by atoms with Gasteiger partial charge in [-0.1, -0.05) is 0 Å². The number of aromatic nitrogens is 1. The summed E-state index contributed by atoms with van der Waals surface area (Å²) in [6.45, 7) is 4.40. The van der Waals surface area contributed by atoms with E-state index in [1.165, 1.54) is 38.2 Å². The summed E-state index contributed by atoms with van der Waals surface area (Å²) >= 11 is 0. The predicted molar refractivity (Wildman–Crippen MR) is 74.6 cm³/mol. The van der Waals surface area contributed by atoms with Crippen LogP contribution in [0, 0.1) is 11.8 Å². The van der Waals surface area contributed by atoms with Crippen molar-refractivity contribution in [1.29, 1.82) is 0 Å². The van der Waals surface area contributed by atoms with Gasteiger partial charge < -0.3 is 9.64 Å². The van der Waals surface area contributed by atoms with Gasteiger partial charge in [-0.15, -0.1) is 0 Å². The molecule has 0 N–H and O–H groups in total. The fraction of sp³-hybridized carbons (Fsp3) is 0.667. The van der Waals surface area contributed by atoms with Gasteiger partial charge in [-0.2, -0.15) is 0 Å². The van der Waals surface area contributed by atoms with E-state index in [0.717, 1.165) is 24.2 Å². The van der Waals surface area contributed by atoms with Gasteiger partial charge in [-0.05, 0) is 38.3 Å². The minimum atomic E-state index is 0.586. The quantitative estimate of drug-likeness (QED) is 0.821. The van der Waals surface area contributed by atoms with Crippen molar-refractivity contribution in [2.45, 2.75) is 18.9 Å². The summed E-state index contributed by atoms with van der Waals surface area (Å²) in [4.78, 5) is 9.12. The zero-order valence-corrected chi connectivity index (χ0v) is 11.5. The van der Waals surface area contributed by atoms with Gasteiger partial charge in [0.15, 0.2) is 0 Å². The summed E-state index contributed by atoms with van der Waals surface area (Å²) in [6, 6.07) is 2.74. The van der Waals surface area contributed by atoms with Crippen LogP contribution in [0.4, 0.5) is 5.69 Å². The van der Waals surface area contributed by atoms with Gasteiger partial charge in [0, 0.05) is 25.2 Å². The number of piperidine rings is 1. The van der Waals surface area contributed by atoms with Crippen molar-refractivity contribution in [2.24, 2.45) is 11.8 Å². The highest BCUT2D eigenvalue weighted by Gasteiger charge is 2.45. The lowest BCUT2D eigenvalue weighted by atomic mass is 10.1. The van der Waals surface area contributed by atoms with Crippen LogP contribution in [0.25, 0.3) is 0 Å². The maximum atomic E-state index is 5.89. The molecular formula is C15H21N3O.